The summed E-state index contributed by atoms with van der Waals surface area (Å²) in [6, 6.07) is 11.1. The standard InChI is InChI=1S/C20H17N3O4/c24-20(23-9-1-2-16(23)13-5-7-21-8-6-13)15-11-18(27-22-15)14-3-4-17-19(10-14)26-12-25-17/h3-8,10-11,16H,1-2,9,12H2. The summed E-state index contributed by atoms with van der Waals surface area (Å²) in [7, 11) is 0. The van der Waals surface area contributed by atoms with Crippen molar-refractivity contribution in [1.29, 1.82) is 0 Å². The average molecular weight is 363 g/mol. The van der Waals surface area contributed by atoms with Crippen LogP contribution in [0.15, 0.2) is 53.3 Å². The van der Waals surface area contributed by atoms with Crippen LogP contribution < -0.4 is 9.47 Å². The van der Waals surface area contributed by atoms with Gasteiger partial charge < -0.3 is 18.9 Å². The van der Waals surface area contributed by atoms with Crippen LogP contribution in [0.2, 0.25) is 0 Å². The molecular weight excluding hydrogens is 346 g/mol. The summed E-state index contributed by atoms with van der Waals surface area (Å²) in [6.07, 6.45) is 5.41. The number of rotatable bonds is 3. The summed E-state index contributed by atoms with van der Waals surface area (Å²) in [5, 5.41) is 4.01. The maximum Gasteiger partial charge on any atom is 0.276 e. The minimum Gasteiger partial charge on any atom is -0.454 e. The van der Waals surface area contributed by atoms with Crippen molar-refractivity contribution in [3.05, 3.63) is 60.0 Å². The Morgan fingerprint density at radius 1 is 1.07 bits per heavy atom. The lowest BCUT2D eigenvalue weighted by molar-refractivity contribution is 0.0725. The first kappa shape index (κ1) is 15.9. The van der Waals surface area contributed by atoms with Crippen molar-refractivity contribution in [3.63, 3.8) is 0 Å². The molecule has 0 radical (unpaired) electrons. The Morgan fingerprint density at radius 2 is 1.93 bits per heavy atom. The number of ether oxygens (including phenoxy) is 2. The third-order valence-electron chi connectivity index (χ3n) is 4.99. The van der Waals surface area contributed by atoms with E-state index < -0.39 is 0 Å². The molecular formula is C20H17N3O4. The fraction of sp³-hybridized carbons (Fsp3) is 0.250. The number of likely N-dealkylation sites (tertiary alicyclic amines) is 1. The van der Waals surface area contributed by atoms with E-state index in [4.69, 9.17) is 14.0 Å². The van der Waals surface area contributed by atoms with E-state index in [1.54, 1.807) is 18.5 Å². The van der Waals surface area contributed by atoms with Crippen LogP contribution >= 0.6 is 0 Å². The van der Waals surface area contributed by atoms with E-state index in [0.29, 0.717) is 29.5 Å². The molecule has 2 aromatic heterocycles. The third-order valence-corrected chi connectivity index (χ3v) is 4.99. The van der Waals surface area contributed by atoms with E-state index in [1.165, 1.54) is 0 Å². The van der Waals surface area contributed by atoms with Gasteiger partial charge in [-0.05, 0) is 48.7 Å². The number of pyridine rings is 1. The second-order valence-electron chi connectivity index (χ2n) is 6.58. The third kappa shape index (κ3) is 2.81. The lowest BCUT2D eigenvalue weighted by Gasteiger charge is -2.23. The fourth-order valence-corrected chi connectivity index (χ4v) is 3.65. The fourth-order valence-electron chi connectivity index (χ4n) is 3.65. The van der Waals surface area contributed by atoms with Crippen LogP contribution in [-0.2, 0) is 0 Å². The zero-order valence-electron chi connectivity index (χ0n) is 14.5. The number of nitrogens with zero attached hydrogens (tertiary/aromatic N) is 3. The molecule has 2 aliphatic rings. The highest BCUT2D eigenvalue weighted by atomic mass is 16.7. The molecule has 1 atom stereocenters. The molecule has 1 amide bonds. The molecule has 5 rings (SSSR count). The predicted molar refractivity (Wildman–Crippen MR) is 95.3 cm³/mol. The van der Waals surface area contributed by atoms with Gasteiger partial charge in [-0.2, -0.15) is 0 Å². The SMILES string of the molecule is O=C(c1cc(-c2ccc3c(c2)OCO3)on1)N1CCCC1c1ccncc1. The number of hydrogen-bond donors (Lipinski definition) is 0. The molecule has 1 saturated heterocycles. The molecule has 136 valence electrons. The Bertz CT molecular complexity index is 986. The molecule has 4 heterocycles. The number of benzene rings is 1. The van der Waals surface area contributed by atoms with E-state index in [-0.39, 0.29) is 18.7 Å². The Kier molecular flexibility index (Phi) is 3.78. The summed E-state index contributed by atoms with van der Waals surface area (Å²) in [6.45, 7) is 0.919. The topological polar surface area (TPSA) is 77.7 Å². The molecule has 0 aliphatic carbocycles. The lowest BCUT2D eigenvalue weighted by Crippen LogP contribution is -2.30. The van der Waals surface area contributed by atoms with Gasteiger partial charge in [-0.3, -0.25) is 9.78 Å². The summed E-state index contributed by atoms with van der Waals surface area (Å²) in [5.74, 6) is 1.77. The maximum atomic E-state index is 13.0. The molecule has 1 unspecified atom stereocenters. The van der Waals surface area contributed by atoms with Gasteiger partial charge in [0.2, 0.25) is 6.79 Å². The van der Waals surface area contributed by atoms with Gasteiger partial charge in [-0.1, -0.05) is 5.16 Å². The van der Waals surface area contributed by atoms with Crippen LogP contribution in [0.4, 0.5) is 0 Å². The Morgan fingerprint density at radius 3 is 2.81 bits per heavy atom. The normalized spacial score (nSPS) is 18.1. The lowest BCUT2D eigenvalue weighted by atomic mass is 10.1. The highest BCUT2D eigenvalue weighted by Crippen LogP contribution is 2.37. The Balaban J connectivity index is 1.40. The minimum absolute atomic E-state index is 0.0474. The largest absolute Gasteiger partial charge is 0.454 e. The quantitative estimate of drug-likeness (QED) is 0.709. The summed E-state index contributed by atoms with van der Waals surface area (Å²) < 4.78 is 16.1. The van der Waals surface area contributed by atoms with Crippen molar-refractivity contribution in [2.45, 2.75) is 18.9 Å². The zero-order chi connectivity index (χ0) is 18.2. The van der Waals surface area contributed by atoms with Gasteiger partial charge in [-0.15, -0.1) is 0 Å². The number of carbonyl (C=O) groups is 1. The molecule has 3 aromatic rings. The van der Waals surface area contributed by atoms with E-state index >= 15 is 0 Å². The zero-order valence-corrected chi connectivity index (χ0v) is 14.5. The smallest absolute Gasteiger partial charge is 0.276 e. The molecule has 7 heteroatoms. The number of carbonyl (C=O) groups excluding carboxylic acids is 1. The first-order valence-electron chi connectivity index (χ1n) is 8.87. The second-order valence-corrected chi connectivity index (χ2v) is 6.58. The van der Waals surface area contributed by atoms with Gasteiger partial charge >= 0.3 is 0 Å². The van der Waals surface area contributed by atoms with Crippen LogP contribution in [0.3, 0.4) is 0 Å². The summed E-state index contributed by atoms with van der Waals surface area (Å²) >= 11 is 0. The van der Waals surface area contributed by atoms with E-state index in [1.807, 2.05) is 35.2 Å². The van der Waals surface area contributed by atoms with Gasteiger partial charge in [0.15, 0.2) is 23.0 Å². The number of aromatic nitrogens is 2. The molecule has 27 heavy (non-hydrogen) atoms. The highest BCUT2D eigenvalue weighted by Gasteiger charge is 2.32. The van der Waals surface area contributed by atoms with Crippen molar-refractivity contribution < 1.29 is 18.8 Å². The molecule has 0 N–H and O–H groups in total. The van der Waals surface area contributed by atoms with Crippen LogP contribution in [0.5, 0.6) is 11.5 Å². The van der Waals surface area contributed by atoms with Crippen LogP contribution in [-0.4, -0.2) is 34.3 Å². The van der Waals surface area contributed by atoms with Gasteiger partial charge in [-0.25, -0.2) is 0 Å². The molecule has 1 aromatic carbocycles. The molecule has 1 fully saturated rings. The van der Waals surface area contributed by atoms with Crippen LogP contribution in [0.1, 0.15) is 34.9 Å². The number of amides is 1. The van der Waals surface area contributed by atoms with Crippen LogP contribution in [0, 0.1) is 0 Å². The van der Waals surface area contributed by atoms with Gasteiger partial charge in [0.1, 0.15) is 0 Å². The predicted octanol–water partition coefficient (Wildman–Crippen LogP) is 3.44. The van der Waals surface area contributed by atoms with Crippen molar-refractivity contribution in [2.24, 2.45) is 0 Å². The van der Waals surface area contributed by atoms with Crippen molar-refractivity contribution in [2.75, 3.05) is 13.3 Å². The highest BCUT2D eigenvalue weighted by molar-refractivity contribution is 5.93. The monoisotopic (exact) mass is 363 g/mol. The van der Waals surface area contributed by atoms with E-state index in [9.17, 15) is 4.79 Å². The molecule has 2 aliphatic heterocycles. The van der Waals surface area contributed by atoms with E-state index in [0.717, 1.165) is 24.0 Å². The minimum atomic E-state index is -0.120. The van der Waals surface area contributed by atoms with Gasteiger partial charge in [0.05, 0.1) is 6.04 Å². The maximum absolute atomic E-state index is 13.0. The molecule has 0 bridgehead atoms. The van der Waals surface area contributed by atoms with Crippen molar-refractivity contribution >= 4 is 5.91 Å². The van der Waals surface area contributed by atoms with Gasteiger partial charge in [0.25, 0.3) is 5.91 Å². The summed E-state index contributed by atoms with van der Waals surface area (Å²) in [5.41, 5.74) is 2.19. The number of hydrogen-bond acceptors (Lipinski definition) is 6. The Hall–Kier alpha value is -3.35. The first-order chi connectivity index (χ1) is 13.3. The van der Waals surface area contributed by atoms with Crippen molar-refractivity contribution in [3.8, 4) is 22.8 Å². The Labute approximate surface area is 155 Å². The van der Waals surface area contributed by atoms with Crippen molar-refractivity contribution in [1.82, 2.24) is 15.0 Å². The molecule has 0 saturated carbocycles. The number of fused-ring (bicyclic) bond motifs is 1. The molecule has 0 spiro atoms. The second kappa shape index (κ2) is 6.42. The van der Waals surface area contributed by atoms with E-state index in [2.05, 4.69) is 10.1 Å². The first-order valence-corrected chi connectivity index (χ1v) is 8.87. The summed E-state index contributed by atoms with van der Waals surface area (Å²) in [4.78, 5) is 18.9. The van der Waals surface area contributed by atoms with Crippen LogP contribution in [0.25, 0.3) is 11.3 Å². The van der Waals surface area contributed by atoms with Gasteiger partial charge in [0, 0.05) is 30.6 Å². The molecule has 7 nitrogen and oxygen atoms in total. The average Bonchev–Trinajstić information content (AvgIpc) is 3.47.